The molecule has 3 atom stereocenters. The van der Waals surface area contributed by atoms with E-state index in [0.29, 0.717) is 5.92 Å². The molecular formula is C19H28N2O5S. The van der Waals surface area contributed by atoms with Crippen molar-refractivity contribution >= 4 is 21.9 Å². The van der Waals surface area contributed by atoms with Crippen LogP contribution in [0.5, 0.6) is 0 Å². The molecule has 0 bridgehead atoms. The smallest absolute Gasteiger partial charge is 0.321 e. The Bertz CT molecular complexity index is 761. The number of rotatable bonds is 7. The van der Waals surface area contributed by atoms with Gasteiger partial charge in [0.15, 0.2) is 6.10 Å². The third-order valence-electron chi connectivity index (χ3n) is 4.85. The minimum Gasteiger partial charge on any atom is -0.452 e. The van der Waals surface area contributed by atoms with E-state index in [1.165, 1.54) is 25.5 Å². The molecule has 0 heterocycles. The first kappa shape index (κ1) is 21.4. The molecule has 0 unspecified atom stereocenters. The van der Waals surface area contributed by atoms with Crippen molar-refractivity contribution in [2.45, 2.75) is 63.5 Å². The van der Waals surface area contributed by atoms with E-state index >= 15 is 0 Å². The Hall–Kier alpha value is -1.93. The summed E-state index contributed by atoms with van der Waals surface area (Å²) in [6.07, 6.45) is 3.25. The lowest BCUT2D eigenvalue weighted by atomic mass is 9.86. The molecule has 0 radical (unpaired) electrons. The average Bonchev–Trinajstić information content (AvgIpc) is 2.62. The summed E-state index contributed by atoms with van der Waals surface area (Å²) in [5.74, 6) is -0.763. The number of carbonyl (C=O) groups excluding carboxylic acids is 2. The molecule has 8 heteroatoms. The third-order valence-corrected chi connectivity index (χ3v) is 6.27. The summed E-state index contributed by atoms with van der Waals surface area (Å²) in [6, 6.07) is 6.36. The second-order valence-corrected chi connectivity index (χ2v) is 8.91. The van der Waals surface area contributed by atoms with Gasteiger partial charge in [0.1, 0.15) is 6.54 Å². The first-order chi connectivity index (χ1) is 12.7. The lowest BCUT2D eigenvalue weighted by molar-refractivity contribution is -0.154. The molecule has 1 saturated carbocycles. The first-order valence-corrected chi connectivity index (χ1v) is 10.7. The number of aryl methyl sites for hydroxylation is 1. The first-order valence-electron chi connectivity index (χ1n) is 9.25. The number of amides is 1. The second kappa shape index (κ2) is 9.32. The van der Waals surface area contributed by atoms with Crippen LogP contribution in [-0.4, -0.2) is 39.0 Å². The maximum atomic E-state index is 12.2. The molecule has 2 N–H and O–H groups in total. The number of ether oxygens (including phenoxy) is 1. The third kappa shape index (κ3) is 6.32. The molecule has 1 aromatic carbocycles. The lowest BCUT2D eigenvalue weighted by Gasteiger charge is -2.30. The van der Waals surface area contributed by atoms with Crippen molar-refractivity contribution in [1.82, 2.24) is 10.0 Å². The van der Waals surface area contributed by atoms with Crippen LogP contribution in [-0.2, 0) is 24.3 Å². The fourth-order valence-electron chi connectivity index (χ4n) is 3.08. The molecular weight excluding hydrogens is 368 g/mol. The van der Waals surface area contributed by atoms with Crippen LogP contribution < -0.4 is 10.0 Å². The van der Waals surface area contributed by atoms with Crippen LogP contribution in [0.3, 0.4) is 0 Å². The monoisotopic (exact) mass is 396 g/mol. The predicted molar refractivity (Wildman–Crippen MR) is 101 cm³/mol. The highest BCUT2D eigenvalue weighted by molar-refractivity contribution is 7.89. The summed E-state index contributed by atoms with van der Waals surface area (Å²) in [6.45, 7) is 4.89. The number of hydrogen-bond donors (Lipinski definition) is 2. The molecule has 0 aromatic heterocycles. The largest absolute Gasteiger partial charge is 0.452 e. The number of sulfonamides is 1. The van der Waals surface area contributed by atoms with Gasteiger partial charge < -0.3 is 10.1 Å². The molecule has 7 nitrogen and oxygen atoms in total. The molecule has 1 amide bonds. The standard InChI is InChI=1S/C19H28N2O5S/c1-13-8-10-16(11-9-13)27(24,25)20-12-18(22)26-15(3)19(23)21-17-7-5-4-6-14(17)2/h8-11,14-15,17,20H,4-7,12H2,1-3H3,(H,21,23)/t14-,15+,17-/m0/s1. The fraction of sp³-hybridized carbons (Fsp3) is 0.579. The SMILES string of the molecule is Cc1ccc(S(=O)(=O)NCC(=O)O[C@H](C)C(=O)N[C@H]2CCCC[C@@H]2C)cc1. The van der Waals surface area contributed by atoms with Gasteiger partial charge in [-0.2, -0.15) is 4.72 Å². The minimum absolute atomic E-state index is 0.0676. The normalized spacial score (nSPS) is 21.3. The van der Waals surface area contributed by atoms with Gasteiger partial charge in [-0.3, -0.25) is 9.59 Å². The summed E-state index contributed by atoms with van der Waals surface area (Å²) in [5.41, 5.74) is 0.931. The van der Waals surface area contributed by atoms with Gasteiger partial charge >= 0.3 is 5.97 Å². The summed E-state index contributed by atoms with van der Waals surface area (Å²) < 4.78 is 31.6. The Morgan fingerprint density at radius 2 is 1.81 bits per heavy atom. The summed E-state index contributed by atoms with van der Waals surface area (Å²) in [7, 11) is -3.81. The topological polar surface area (TPSA) is 102 Å². The zero-order valence-electron chi connectivity index (χ0n) is 16.0. The van der Waals surface area contributed by atoms with Gasteiger partial charge in [0, 0.05) is 6.04 Å². The molecule has 0 spiro atoms. The van der Waals surface area contributed by atoms with Crippen LogP contribution in [0.2, 0.25) is 0 Å². The molecule has 1 fully saturated rings. The number of hydrogen-bond acceptors (Lipinski definition) is 5. The number of carbonyl (C=O) groups is 2. The Morgan fingerprint density at radius 1 is 1.19 bits per heavy atom. The van der Waals surface area contributed by atoms with Crippen molar-refractivity contribution in [2.24, 2.45) is 5.92 Å². The highest BCUT2D eigenvalue weighted by Gasteiger charge is 2.26. The van der Waals surface area contributed by atoms with Gasteiger partial charge in [0.25, 0.3) is 5.91 Å². The number of esters is 1. The average molecular weight is 397 g/mol. The van der Waals surface area contributed by atoms with Gasteiger partial charge in [-0.05, 0) is 44.7 Å². The van der Waals surface area contributed by atoms with Crippen molar-refractivity contribution in [1.29, 1.82) is 0 Å². The van der Waals surface area contributed by atoms with E-state index in [-0.39, 0.29) is 16.8 Å². The quantitative estimate of drug-likeness (QED) is 0.686. The van der Waals surface area contributed by atoms with E-state index < -0.39 is 28.6 Å². The lowest BCUT2D eigenvalue weighted by Crippen LogP contribution is -2.46. The molecule has 0 aliphatic heterocycles. The summed E-state index contributed by atoms with van der Waals surface area (Å²) >= 11 is 0. The second-order valence-electron chi connectivity index (χ2n) is 7.15. The fourth-order valence-corrected chi connectivity index (χ4v) is 4.05. The summed E-state index contributed by atoms with van der Waals surface area (Å²) in [4.78, 5) is 24.2. The molecule has 27 heavy (non-hydrogen) atoms. The van der Waals surface area contributed by atoms with Crippen LogP contribution in [0, 0.1) is 12.8 Å². The van der Waals surface area contributed by atoms with E-state index in [2.05, 4.69) is 17.0 Å². The Kier molecular flexibility index (Phi) is 7.38. The van der Waals surface area contributed by atoms with E-state index in [0.717, 1.165) is 24.8 Å². The van der Waals surface area contributed by atoms with E-state index in [4.69, 9.17) is 4.74 Å². The van der Waals surface area contributed by atoms with Crippen LogP contribution in [0.4, 0.5) is 0 Å². The Morgan fingerprint density at radius 3 is 2.44 bits per heavy atom. The zero-order chi connectivity index (χ0) is 20.0. The molecule has 150 valence electrons. The maximum Gasteiger partial charge on any atom is 0.321 e. The van der Waals surface area contributed by atoms with Crippen LogP contribution in [0.15, 0.2) is 29.2 Å². The van der Waals surface area contributed by atoms with Crippen molar-refractivity contribution in [3.8, 4) is 0 Å². The van der Waals surface area contributed by atoms with E-state index in [1.54, 1.807) is 12.1 Å². The number of nitrogens with one attached hydrogen (secondary N) is 2. The van der Waals surface area contributed by atoms with Crippen LogP contribution >= 0.6 is 0 Å². The van der Waals surface area contributed by atoms with Crippen molar-refractivity contribution in [3.63, 3.8) is 0 Å². The molecule has 2 rings (SSSR count). The van der Waals surface area contributed by atoms with Gasteiger partial charge in [-0.1, -0.05) is 37.5 Å². The highest BCUT2D eigenvalue weighted by atomic mass is 32.2. The molecule has 1 aliphatic rings. The van der Waals surface area contributed by atoms with Crippen molar-refractivity contribution in [3.05, 3.63) is 29.8 Å². The Labute approximate surface area is 160 Å². The van der Waals surface area contributed by atoms with Crippen molar-refractivity contribution < 1.29 is 22.7 Å². The minimum atomic E-state index is -3.81. The van der Waals surface area contributed by atoms with E-state index in [9.17, 15) is 18.0 Å². The van der Waals surface area contributed by atoms with Gasteiger partial charge in [0.05, 0.1) is 4.90 Å². The van der Waals surface area contributed by atoms with Crippen molar-refractivity contribution in [2.75, 3.05) is 6.54 Å². The highest BCUT2D eigenvalue weighted by Crippen LogP contribution is 2.23. The zero-order valence-corrected chi connectivity index (χ0v) is 16.8. The molecule has 0 saturated heterocycles. The van der Waals surface area contributed by atoms with Crippen LogP contribution in [0.1, 0.15) is 45.1 Å². The molecule has 1 aliphatic carbocycles. The maximum absolute atomic E-state index is 12.2. The van der Waals surface area contributed by atoms with Gasteiger partial charge in [0.2, 0.25) is 10.0 Å². The van der Waals surface area contributed by atoms with Crippen LogP contribution in [0.25, 0.3) is 0 Å². The van der Waals surface area contributed by atoms with Gasteiger partial charge in [-0.15, -0.1) is 0 Å². The summed E-state index contributed by atoms with van der Waals surface area (Å²) in [5, 5.41) is 2.92. The van der Waals surface area contributed by atoms with Gasteiger partial charge in [-0.25, -0.2) is 8.42 Å². The number of benzene rings is 1. The Balaban J connectivity index is 1.81. The van der Waals surface area contributed by atoms with E-state index in [1.807, 2.05) is 6.92 Å². The molecule has 1 aromatic rings. The predicted octanol–water partition coefficient (Wildman–Crippen LogP) is 1.90.